The predicted molar refractivity (Wildman–Crippen MR) is 80.3 cm³/mol. The molecule has 1 amide bonds. The molecule has 1 unspecified atom stereocenters. The van der Waals surface area contributed by atoms with Crippen LogP contribution in [0.15, 0.2) is 59.5 Å². The maximum atomic E-state index is 12.5. The Balaban J connectivity index is 1.97. The van der Waals surface area contributed by atoms with Crippen LogP contribution in [0.5, 0.6) is 0 Å². The first-order chi connectivity index (χ1) is 9.68. The van der Waals surface area contributed by atoms with E-state index in [9.17, 15) is 9.59 Å². The van der Waals surface area contributed by atoms with Gasteiger partial charge in [-0.05, 0) is 12.1 Å². The van der Waals surface area contributed by atoms with E-state index in [-0.39, 0.29) is 11.7 Å². The maximum absolute atomic E-state index is 12.5. The smallest absolute Gasteiger partial charge is 0.248 e. The van der Waals surface area contributed by atoms with Crippen molar-refractivity contribution in [2.24, 2.45) is 0 Å². The number of anilines is 1. The van der Waals surface area contributed by atoms with E-state index in [2.05, 4.69) is 0 Å². The van der Waals surface area contributed by atoms with Crippen molar-refractivity contribution in [1.29, 1.82) is 0 Å². The second-order valence-corrected chi connectivity index (χ2v) is 5.74. The highest BCUT2D eigenvalue weighted by Crippen LogP contribution is 2.39. The molecule has 0 aliphatic carbocycles. The van der Waals surface area contributed by atoms with Crippen LogP contribution >= 0.6 is 11.8 Å². The minimum atomic E-state index is -0.697. The highest BCUT2D eigenvalue weighted by molar-refractivity contribution is 8.01. The Kier molecular flexibility index (Phi) is 3.32. The molecule has 0 aromatic heterocycles. The van der Waals surface area contributed by atoms with Gasteiger partial charge in [-0.25, -0.2) is 0 Å². The Bertz CT molecular complexity index is 669. The molecule has 2 aromatic rings. The minimum absolute atomic E-state index is 0.137. The fraction of sp³-hybridized carbons (Fsp3) is 0.125. The Morgan fingerprint density at radius 1 is 1.05 bits per heavy atom. The van der Waals surface area contributed by atoms with Gasteiger partial charge in [-0.1, -0.05) is 42.5 Å². The average molecular weight is 283 g/mol. The van der Waals surface area contributed by atoms with E-state index < -0.39 is 5.25 Å². The first-order valence-electron chi connectivity index (χ1n) is 6.31. The van der Waals surface area contributed by atoms with E-state index in [4.69, 9.17) is 0 Å². The SMILES string of the molecule is CN1C(=O)C(C(=O)c2ccccc2)Sc2ccccc21. The molecule has 0 spiro atoms. The zero-order chi connectivity index (χ0) is 14.1. The number of Topliss-reactive ketones (excluding diaryl/α,β-unsaturated/α-hetero) is 1. The number of hydrogen-bond donors (Lipinski definition) is 0. The Morgan fingerprint density at radius 3 is 2.45 bits per heavy atom. The third-order valence-electron chi connectivity index (χ3n) is 3.32. The molecule has 3 nitrogen and oxygen atoms in total. The molecule has 0 bridgehead atoms. The summed E-state index contributed by atoms with van der Waals surface area (Å²) in [6, 6.07) is 16.6. The van der Waals surface area contributed by atoms with Crippen molar-refractivity contribution in [2.75, 3.05) is 11.9 Å². The number of thioether (sulfide) groups is 1. The molecule has 1 aliphatic rings. The molecule has 100 valence electrons. The summed E-state index contributed by atoms with van der Waals surface area (Å²) in [5.41, 5.74) is 1.44. The van der Waals surface area contributed by atoms with Gasteiger partial charge in [0.2, 0.25) is 5.91 Å². The van der Waals surface area contributed by atoms with Gasteiger partial charge in [0.15, 0.2) is 11.0 Å². The quantitative estimate of drug-likeness (QED) is 0.628. The van der Waals surface area contributed by atoms with Gasteiger partial charge in [-0.2, -0.15) is 0 Å². The number of rotatable bonds is 2. The Labute approximate surface area is 121 Å². The van der Waals surface area contributed by atoms with E-state index in [1.807, 2.05) is 42.5 Å². The highest BCUT2D eigenvalue weighted by atomic mass is 32.2. The first kappa shape index (κ1) is 12.9. The number of benzene rings is 2. The van der Waals surface area contributed by atoms with Crippen LogP contribution in [0, 0.1) is 0 Å². The normalized spacial score (nSPS) is 17.8. The standard InChI is InChI=1S/C16H13NO2S/c1-17-12-9-5-6-10-13(12)20-15(16(17)19)14(18)11-7-3-2-4-8-11/h2-10,15H,1H3. The van der Waals surface area contributed by atoms with Crippen molar-refractivity contribution < 1.29 is 9.59 Å². The highest BCUT2D eigenvalue weighted by Gasteiger charge is 2.36. The van der Waals surface area contributed by atoms with Crippen molar-refractivity contribution in [3.63, 3.8) is 0 Å². The van der Waals surface area contributed by atoms with Gasteiger partial charge in [0.1, 0.15) is 0 Å². The van der Waals surface area contributed by atoms with Crippen molar-refractivity contribution in [1.82, 2.24) is 0 Å². The first-order valence-corrected chi connectivity index (χ1v) is 7.19. The summed E-state index contributed by atoms with van der Waals surface area (Å²) >= 11 is 1.33. The lowest BCUT2D eigenvalue weighted by atomic mass is 10.1. The number of hydrogen-bond acceptors (Lipinski definition) is 3. The number of carbonyl (C=O) groups is 2. The summed E-state index contributed by atoms with van der Waals surface area (Å²) < 4.78 is 0. The van der Waals surface area contributed by atoms with Crippen LogP contribution in [-0.2, 0) is 4.79 Å². The zero-order valence-corrected chi connectivity index (χ0v) is 11.8. The number of fused-ring (bicyclic) bond motifs is 1. The maximum Gasteiger partial charge on any atom is 0.248 e. The lowest BCUT2D eigenvalue weighted by Gasteiger charge is -2.30. The summed E-state index contributed by atoms with van der Waals surface area (Å²) in [5, 5.41) is -0.697. The molecule has 1 heterocycles. The number of nitrogens with zero attached hydrogens (tertiary/aromatic N) is 1. The Morgan fingerprint density at radius 2 is 1.70 bits per heavy atom. The van der Waals surface area contributed by atoms with Crippen molar-refractivity contribution in [3.05, 3.63) is 60.2 Å². The third kappa shape index (κ3) is 2.12. The van der Waals surface area contributed by atoms with Crippen molar-refractivity contribution in [2.45, 2.75) is 10.1 Å². The van der Waals surface area contributed by atoms with Crippen LogP contribution in [-0.4, -0.2) is 24.0 Å². The number of ketones is 1. The lowest BCUT2D eigenvalue weighted by molar-refractivity contribution is -0.117. The summed E-state index contributed by atoms with van der Waals surface area (Å²) in [5.74, 6) is -0.301. The molecule has 20 heavy (non-hydrogen) atoms. The van der Waals surface area contributed by atoms with Crippen LogP contribution < -0.4 is 4.90 Å². The van der Waals surface area contributed by atoms with E-state index in [0.29, 0.717) is 5.56 Å². The van der Waals surface area contributed by atoms with Crippen LogP contribution in [0.4, 0.5) is 5.69 Å². The van der Waals surface area contributed by atoms with Gasteiger partial charge in [-0.3, -0.25) is 9.59 Å². The summed E-state index contributed by atoms with van der Waals surface area (Å²) in [6.07, 6.45) is 0. The molecule has 0 N–H and O–H groups in total. The monoisotopic (exact) mass is 283 g/mol. The second kappa shape index (κ2) is 5.13. The van der Waals surface area contributed by atoms with Gasteiger partial charge in [0.25, 0.3) is 0 Å². The number of carbonyl (C=O) groups excluding carboxylic acids is 2. The minimum Gasteiger partial charge on any atom is -0.313 e. The fourth-order valence-corrected chi connectivity index (χ4v) is 3.46. The van der Waals surface area contributed by atoms with Crippen LogP contribution in [0.2, 0.25) is 0 Å². The van der Waals surface area contributed by atoms with Crippen molar-refractivity contribution in [3.8, 4) is 0 Å². The van der Waals surface area contributed by atoms with E-state index in [0.717, 1.165) is 10.6 Å². The predicted octanol–water partition coefficient (Wildman–Crippen LogP) is 3.01. The largest absolute Gasteiger partial charge is 0.313 e. The molecule has 2 aromatic carbocycles. The summed E-state index contributed by atoms with van der Waals surface area (Å²) in [4.78, 5) is 27.4. The molecule has 0 saturated carbocycles. The van der Waals surface area contributed by atoms with Crippen LogP contribution in [0.3, 0.4) is 0 Å². The van der Waals surface area contributed by atoms with Gasteiger partial charge >= 0.3 is 0 Å². The molecule has 0 saturated heterocycles. The van der Waals surface area contributed by atoms with Crippen LogP contribution in [0.25, 0.3) is 0 Å². The molecule has 0 radical (unpaired) electrons. The van der Waals surface area contributed by atoms with Crippen molar-refractivity contribution >= 4 is 29.1 Å². The Hall–Kier alpha value is -2.07. The molecule has 1 aliphatic heterocycles. The lowest BCUT2D eigenvalue weighted by Crippen LogP contribution is -2.42. The molecule has 1 atom stereocenters. The van der Waals surface area contributed by atoms with Gasteiger partial charge in [-0.15, -0.1) is 11.8 Å². The molecular weight excluding hydrogens is 270 g/mol. The second-order valence-electron chi connectivity index (χ2n) is 4.59. The molecule has 4 heteroatoms. The fourth-order valence-electron chi connectivity index (χ4n) is 2.23. The molecule has 0 fully saturated rings. The summed E-state index contributed by atoms with van der Waals surface area (Å²) in [7, 11) is 1.71. The van der Waals surface area contributed by atoms with Gasteiger partial charge in [0, 0.05) is 17.5 Å². The molecular formula is C16H13NO2S. The van der Waals surface area contributed by atoms with Gasteiger partial charge < -0.3 is 4.90 Å². The summed E-state index contributed by atoms with van der Waals surface area (Å²) in [6.45, 7) is 0. The van der Waals surface area contributed by atoms with Crippen LogP contribution in [0.1, 0.15) is 10.4 Å². The average Bonchev–Trinajstić information content (AvgIpc) is 2.51. The van der Waals surface area contributed by atoms with Gasteiger partial charge in [0.05, 0.1) is 5.69 Å². The van der Waals surface area contributed by atoms with E-state index >= 15 is 0 Å². The zero-order valence-electron chi connectivity index (χ0n) is 10.9. The third-order valence-corrected chi connectivity index (χ3v) is 4.57. The number of para-hydroxylation sites is 1. The topological polar surface area (TPSA) is 37.4 Å². The van der Waals surface area contributed by atoms with E-state index in [1.54, 1.807) is 24.1 Å². The van der Waals surface area contributed by atoms with E-state index in [1.165, 1.54) is 11.8 Å². The molecule has 3 rings (SSSR count). The number of amides is 1.